The van der Waals surface area contributed by atoms with Gasteiger partial charge in [0.25, 0.3) is 0 Å². The first-order valence-corrected chi connectivity index (χ1v) is 5.92. The zero-order valence-electron chi connectivity index (χ0n) is 9.78. The minimum Gasteiger partial charge on any atom is -0.378 e. The van der Waals surface area contributed by atoms with Gasteiger partial charge in [-0.05, 0) is 19.8 Å². The van der Waals surface area contributed by atoms with Gasteiger partial charge in [-0.2, -0.15) is 0 Å². The molecule has 2 aliphatic rings. The van der Waals surface area contributed by atoms with Crippen molar-refractivity contribution >= 4 is 18.3 Å². The molecule has 0 radical (unpaired) electrons. The van der Waals surface area contributed by atoms with Crippen LogP contribution in [-0.4, -0.2) is 49.2 Å². The Morgan fingerprint density at radius 1 is 1.50 bits per heavy atom. The number of hydrogen-bond acceptors (Lipinski definition) is 3. The molecule has 1 atom stereocenters. The Morgan fingerprint density at radius 2 is 2.25 bits per heavy atom. The quantitative estimate of drug-likeness (QED) is 0.800. The summed E-state index contributed by atoms with van der Waals surface area (Å²) in [7, 11) is 0. The fourth-order valence-electron chi connectivity index (χ4n) is 2.10. The van der Waals surface area contributed by atoms with Crippen LogP contribution in [0.2, 0.25) is 0 Å². The molecular weight excluding hydrogens is 228 g/mol. The Hall–Kier alpha value is -0.320. The molecule has 2 rings (SSSR count). The van der Waals surface area contributed by atoms with Gasteiger partial charge in [0.2, 0.25) is 5.91 Å². The first kappa shape index (κ1) is 13.7. The van der Waals surface area contributed by atoms with Gasteiger partial charge < -0.3 is 15.0 Å². The molecule has 4 nitrogen and oxygen atoms in total. The van der Waals surface area contributed by atoms with Crippen molar-refractivity contribution in [1.29, 1.82) is 0 Å². The van der Waals surface area contributed by atoms with E-state index in [1.807, 2.05) is 4.90 Å². The standard InChI is InChI=1S/C11H20N2O2.ClH/c1-2-13(10-3-4-10)11(14)7-9-8-15-6-5-12-9;/h9-10,12H,2-8H2,1H3;1H. The van der Waals surface area contributed by atoms with E-state index in [1.165, 1.54) is 12.8 Å². The van der Waals surface area contributed by atoms with Gasteiger partial charge in [-0.25, -0.2) is 0 Å². The van der Waals surface area contributed by atoms with Crippen molar-refractivity contribution in [2.45, 2.75) is 38.3 Å². The second kappa shape index (κ2) is 6.42. The summed E-state index contributed by atoms with van der Waals surface area (Å²) in [5.41, 5.74) is 0. The average molecular weight is 249 g/mol. The lowest BCUT2D eigenvalue weighted by atomic mass is 10.2. The van der Waals surface area contributed by atoms with E-state index in [9.17, 15) is 4.79 Å². The molecule has 1 amide bonds. The fraction of sp³-hybridized carbons (Fsp3) is 0.909. The lowest BCUT2D eigenvalue weighted by Crippen LogP contribution is -2.45. The highest BCUT2D eigenvalue weighted by Crippen LogP contribution is 2.27. The number of carbonyl (C=O) groups is 1. The highest BCUT2D eigenvalue weighted by molar-refractivity contribution is 5.85. The molecule has 1 saturated heterocycles. The maximum atomic E-state index is 12.0. The number of ether oxygens (including phenoxy) is 1. The van der Waals surface area contributed by atoms with Crippen LogP contribution < -0.4 is 5.32 Å². The third-order valence-electron chi connectivity index (χ3n) is 3.07. The maximum absolute atomic E-state index is 12.0. The molecule has 94 valence electrons. The summed E-state index contributed by atoms with van der Waals surface area (Å²) in [6.45, 7) is 5.21. The maximum Gasteiger partial charge on any atom is 0.224 e. The Labute approximate surface area is 103 Å². The highest BCUT2D eigenvalue weighted by Gasteiger charge is 2.32. The van der Waals surface area contributed by atoms with Crippen LogP contribution in [0, 0.1) is 0 Å². The number of morpholine rings is 1. The summed E-state index contributed by atoms with van der Waals surface area (Å²) in [6, 6.07) is 0.756. The van der Waals surface area contributed by atoms with Crippen molar-refractivity contribution < 1.29 is 9.53 Å². The Bertz CT molecular complexity index is 228. The molecule has 1 aliphatic carbocycles. The van der Waals surface area contributed by atoms with E-state index in [0.29, 0.717) is 19.1 Å². The number of amides is 1. The van der Waals surface area contributed by atoms with Crippen LogP contribution in [-0.2, 0) is 9.53 Å². The van der Waals surface area contributed by atoms with Crippen molar-refractivity contribution in [2.75, 3.05) is 26.3 Å². The first-order valence-electron chi connectivity index (χ1n) is 5.92. The summed E-state index contributed by atoms with van der Waals surface area (Å²) in [5, 5.41) is 3.32. The lowest BCUT2D eigenvalue weighted by molar-refractivity contribution is -0.132. The molecule has 1 aliphatic heterocycles. The Kier molecular flexibility index (Phi) is 5.52. The minimum absolute atomic E-state index is 0. The van der Waals surface area contributed by atoms with E-state index in [-0.39, 0.29) is 24.4 Å². The molecular formula is C11H21ClN2O2. The molecule has 16 heavy (non-hydrogen) atoms. The van der Waals surface area contributed by atoms with Crippen LogP contribution in [0.3, 0.4) is 0 Å². The topological polar surface area (TPSA) is 41.6 Å². The van der Waals surface area contributed by atoms with Crippen molar-refractivity contribution in [3.63, 3.8) is 0 Å². The Morgan fingerprint density at radius 3 is 2.75 bits per heavy atom. The monoisotopic (exact) mass is 248 g/mol. The number of nitrogens with one attached hydrogen (secondary N) is 1. The van der Waals surface area contributed by atoms with Gasteiger partial charge in [-0.3, -0.25) is 4.79 Å². The van der Waals surface area contributed by atoms with Gasteiger partial charge in [-0.1, -0.05) is 0 Å². The second-order valence-electron chi connectivity index (χ2n) is 4.34. The number of carbonyl (C=O) groups excluding carboxylic acids is 1. The number of halogens is 1. The molecule has 1 saturated carbocycles. The summed E-state index contributed by atoms with van der Waals surface area (Å²) in [5.74, 6) is 0.281. The summed E-state index contributed by atoms with van der Waals surface area (Å²) in [6.07, 6.45) is 2.96. The van der Waals surface area contributed by atoms with Gasteiger partial charge in [0, 0.05) is 31.6 Å². The van der Waals surface area contributed by atoms with Gasteiger partial charge in [0.05, 0.1) is 13.2 Å². The van der Waals surface area contributed by atoms with Gasteiger partial charge >= 0.3 is 0 Å². The SMILES string of the molecule is CCN(C(=O)CC1COCCN1)C1CC1.Cl. The molecule has 0 aromatic rings. The number of nitrogens with zero attached hydrogens (tertiary/aromatic N) is 1. The predicted molar refractivity (Wildman–Crippen MR) is 64.9 cm³/mol. The van der Waals surface area contributed by atoms with Gasteiger partial charge in [0.1, 0.15) is 0 Å². The molecule has 2 fully saturated rings. The number of hydrogen-bond donors (Lipinski definition) is 1. The van der Waals surface area contributed by atoms with Crippen molar-refractivity contribution in [3.05, 3.63) is 0 Å². The van der Waals surface area contributed by atoms with Crippen LogP contribution in [0.15, 0.2) is 0 Å². The van der Waals surface area contributed by atoms with Crippen molar-refractivity contribution in [3.8, 4) is 0 Å². The van der Waals surface area contributed by atoms with E-state index in [0.717, 1.165) is 19.7 Å². The summed E-state index contributed by atoms with van der Waals surface area (Å²) < 4.78 is 5.34. The summed E-state index contributed by atoms with van der Waals surface area (Å²) in [4.78, 5) is 14.0. The largest absolute Gasteiger partial charge is 0.378 e. The molecule has 0 aromatic heterocycles. The van der Waals surface area contributed by atoms with Crippen LogP contribution in [0.25, 0.3) is 0 Å². The predicted octanol–water partition coefficient (Wildman–Crippen LogP) is 0.798. The van der Waals surface area contributed by atoms with E-state index in [2.05, 4.69) is 12.2 Å². The second-order valence-corrected chi connectivity index (χ2v) is 4.34. The molecule has 0 aromatic carbocycles. The third kappa shape index (κ3) is 3.61. The fourth-order valence-corrected chi connectivity index (χ4v) is 2.10. The third-order valence-corrected chi connectivity index (χ3v) is 3.07. The minimum atomic E-state index is 0. The van der Waals surface area contributed by atoms with Crippen LogP contribution in [0.1, 0.15) is 26.2 Å². The average Bonchev–Trinajstić information content (AvgIpc) is 3.04. The Balaban J connectivity index is 0.00000128. The van der Waals surface area contributed by atoms with Gasteiger partial charge in [-0.15, -0.1) is 12.4 Å². The van der Waals surface area contributed by atoms with E-state index >= 15 is 0 Å². The van der Waals surface area contributed by atoms with Crippen LogP contribution in [0.5, 0.6) is 0 Å². The zero-order chi connectivity index (χ0) is 10.7. The smallest absolute Gasteiger partial charge is 0.224 e. The van der Waals surface area contributed by atoms with E-state index < -0.39 is 0 Å². The first-order chi connectivity index (χ1) is 7.31. The normalized spacial score (nSPS) is 24.7. The highest BCUT2D eigenvalue weighted by atomic mass is 35.5. The van der Waals surface area contributed by atoms with E-state index in [1.54, 1.807) is 0 Å². The molecule has 1 N–H and O–H groups in total. The molecule has 1 unspecified atom stereocenters. The zero-order valence-corrected chi connectivity index (χ0v) is 10.6. The molecule has 0 bridgehead atoms. The molecule has 1 heterocycles. The molecule has 0 spiro atoms. The number of rotatable bonds is 4. The molecule has 5 heteroatoms. The van der Waals surface area contributed by atoms with Crippen molar-refractivity contribution in [2.24, 2.45) is 0 Å². The van der Waals surface area contributed by atoms with E-state index in [4.69, 9.17) is 4.74 Å². The van der Waals surface area contributed by atoms with Crippen molar-refractivity contribution in [1.82, 2.24) is 10.2 Å². The lowest BCUT2D eigenvalue weighted by Gasteiger charge is -2.27. The van der Waals surface area contributed by atoms with Crippen LogP contribution in [0.4, 0.5) is 0 Å². The van der Waals surface area contributed by atoms with Gasteiger partial charge in [0.15, 0.2) is 0 Å². The van der Waals surface area contributed by atoms with Crippen LogP contribution >= 0.6 is 12.4 Å². The summed E-state index contributed by atoms with van der Waals surface area (Å²) >= 11 is 0.